The summed E-state index contributed by atoms with van der Waals surface area (Å²) in [6, 6.07) is 2.07. The third-order valence-electron chi connectivity index (χ3n) is 2.66. The van der Waals surface area contributed by atoms with Gasteiger partial charge in [0, 0.05) is 24.6 Å². The van der Waals surface area contributed by atoms with Crippen molar-refractivity contribution in [2.24, 2.45) is 5.73 Å². The Hall–Kier alpha value is -2.18. The largest absolute Gasteiger partial charge is 0.370 e. The minimum atomic E-state index is -0.716. The Bertz CT molecular complexity index is 495. The summed E-state index contributed by atoms with van der Waals surface area (Å²) in [5, 5.41) is 5.03. The fourth-order valence-electron chi connectivity index (χ4n) is 1.64. The molecule has 0 saturated heterocycles. The number of hydrogen-bond acceptors (Lipinski definition) is 2. The highest BCUT2D eigenvalue weighted by Crippen LogP contribution is 2.17. The van der Waals surface area contributed by atoms with Gasteiger partial charge in [0.15, 0.2) is 0 Å². The number of primary amides is 1. The van der Waals surface area contributed by atoms with Crippen LogP contribution in [0, 0.1) is 11.6 Å². The third kappa shape index (κ3) is 5.21. The molecular weight excluding hydrogens is 268 g/mol. The molecule has 3 amide bonds. The van der Waals surface area contributed by atoms with E-state index in [1.165, 1.54) is 6.07 Å². The monoisotopic (exact) mass is 285 g/mol. The highest BCUT2D eigenvalue weighted by molar-refractivity contribution is 5.75. The predicted molar refractivity (Wildman–Crippen MR) is 69.7 cm³/mol. The average molecular weight is 285 g/mol. The third-order valence-corrected chi connectivity index (χ3v) is 2.66. The van der Waals surface area contributed by atoms with Gasteiger partial charge in [-0.05, 0) is 19.4 Å². The molecule has 1 rings (SSSR count). The SMILES string of the molecule is C[C@H](NC(=O)NCCCC(N)=O)c1ccc(F)cc1F. The van der Waals surface area contributed by atoms with E-state index < -0.39 is 29.6 Å². The first-order valence-corrected chi connectivity index (χ1v) is 6.17. The van der Waals surface area contributed by atoms with Gasteiger partial charge in [-0.15, -0.1) is 0 Å². The Labute approximate surface area is 115 Å². The van der Waals surface area contributed by atoms with Crippen LogP contribution in [0.2, 0.25) is 0 Å². The molecule has 0 unspecified atom stereocenters. The van der Waals surface area contributed by atoms with Crippen molar-refractivity contribution in [2.45, 2.75) is 25.8 Å². The molecular formula is C13H17F2N3O2. The number of nitrogens with two attached hydrogens (primary N) is 1. The lowest BCUT2D eigenvalue weighted by molar-refractivity contribution is -0.118. The summed E-state index contributed by atoms with van der Waals surface area (Å²) in [6.07, 6.45) is 0.616. The van der Waals surface area contributed by atoms with Gasteiger partial charge >= 0.3 is 6.03 Å². The Balaban J connectivity index is 2.43. The van der Waals surface area contributed by atoms with Gasteiger partial charge in [-0.25, -0.2) is 13.6 Å². The van der Waals surface area contributed by atoms with Crippen molar-refractivity contribution in [3.63, 3.8) is 0 Å². The van der Waals surface area contributed by atoms with Gasteiger partial charge in [-0.2, -0.15) is 0 Å². The van der Waals surface area contributed by atoms with Crippen LogP contribution in [0.15, 0.2) is 18.2 Å². The fourth-order valence-corrected chi connectivity index (χ4v) is 1.64. The molecule has 1 aromatic rings. The standard InChI is InChI=1S/C13H17F2N3O2/c1-8(10-5-4-9(14)7-11(10)15)18-13(20)17-6-2-3-12(16)19/h4-5,7-8H,2-3,6H2,1H3,(H2,16,19)(H2,17,18,20)/t8-/m0/s1. The van der Waals surface area contributed by atoms with Crippen LogP contribution >= 0.6 is 0 Å². The Morgan fingerprint density at radius 2 is 2.05 bits per heavy atom. The smallest absolute Gasteiger partial charge is 0.315 e. The molecule has 0 saturated carbocycles. The maximum absolute atomic E-state index is 13.5. The average Bonchev–Trinajstić information content (AvgIpc) is 2.34. The van der Waals surface area contributed by atoms with Crippen molar-refractivity contribution in [3.8, 4) is 0 Å². The molecule has 4 N–H and O–H groups in total. The molecule has 7 heteroatoms. The molecule has 20 heavy (non-hydrogen) atoms. The van der Waals surface area contributed by atoms with Crippen molar-refractivity contribution in [2.75, 3.05) is 6.54 Å². The van der Waals surface area contributed by atoms with Crippen molar-refractivity contribution in [1.29, 1.82) is 0 Å². The van der Waals surface area contributed by atoms with Gasteiger partial charge < -0.3 is 16.4 Å². The van der Waals surface area contributed by atoms with E-state index in [1.807, 2.05) is 0 Å². The van der Waals surface area contributed by atoms with Gasteiger partial charge in [-0.3, -0.25) is 4.79 Å². The van der Waals surface area contributed by atoms with Gasteiger partial charge in [0.1, 0.15) is 11.6 Å². The van der Waals surface area contributed by atoms with Crippen LogP contribution < -0.4 is 16.4 Å². The van der Waals surface area contributed by atoms with E-state index in [0.29, 0.717) is 6.42 Å². The topological polar surface area (TPSA) is 84.2 Å². The van der Waals surface area contributed by atoms with Crippen molar-refractivity contribution in [1.82, 2.24) is 10.6 Å². The van der Waals surface area contributed by atoms with Crippen LogP contribution in [-0.4, -0.2) is 18.5 Å². The fraction of sp³-hybridized carbons (Fsp3) is 0.385. The van der Waals surface area contributed by atoms with Crippen LogP contribution in [0.1, 0.15) is 31.4 Å². The van der Waals surface area contributed by atoms with Gasteiger partial charge in [0.05, 0.1) is 6.04 Å². The number of nitrogens with one attached hydrogen (secondary N) is 2. The summed E-state index contributed by atoms with van der Waals surface area (Å²) in [4.78, 5) is 22.0. The van der Waals surface area contributed by atoms with E-state index in [9.17, 15) is 18.4 Å². The molecule has 0 fully saturated rings. The Kier molecular flexibility index (Phi) is 5.89. The van der Waals surface area contributed by atoms with Crippen LogP contribution in [0.5, 0.6) is 0 Å². The zero-order valence-electron chi connectivity index (χ0n) is 11.1. The van der Waals surface area contributed by atoms with Crippen LogP contribution in [0.25, 0.3) is 0 Å². The number of carbonyl (C=O) groups is 2. The zero-order valence-corrected chi connectivity index (χ0v) is 11.1. The molecule has 0 heterocycles. The molecule has 1 atom stereocenters. The lowest BCUT2D eigenvalue weighted by Gasteiger charge is -2.15. The quantitative estimate of drug-likeness (QED) is 0.693. The molecule has 0 bridgehead atoms. The number of amides is 3. The Morgan fingerprint density at radius 3 is 2.65 bits per heavy atom. The summed E-state index contributed by atoms with van der Waals surface area (Å²) < 4.78 is 26.3. The number of hydrogen-bond donors (Lipinski definition) is 3. The van der Waals surface area contributed by atoms with Crippen molar-refractivity contribution >= 4 is 11.9 Å². The molecule has 0 aliphatic rings. The molecule has 0 aliphatic carbocycles. The van der Waals surface area contributed by atoms with E-state index in [-0.39, 0.29) is 18.5 Å². The maximum Gasteiger partial charge on any atom is 0.315 e. The van der Waals surface area contributed by atoms with Gasteiger partial charge in [0.25, 0.3) is 0 Å². The van der Waals surface area contributed by atoms with Crippen molar-refractivity contribution in [3.05, 3.63) is 35.4 Å². The normalized spacial score (nSPS) is 11.8. The summed E-state index contributed by atoms with van der Waals surface area (Å²) in [7, 11) is 0. The lowest BCUT2D eigenvalue weighted by atomic mass is 10.1. The first kappa shape index (κ1) is 15.9. The highest BCUT2D eigenvalue weighted by atomic mass is 19.1. The highest BCUT2D eigenvalue weighted by Gasteiger charge is 2.13. The molecule has 0 aliphatic heterocycles. The molecule has 0 spiro atoms. The number of carbonyl (C=O) groups excluding carboxylic acids is 2. The molecule has 1 aromatic carbocycles. The summed E-state index contributed by atoms with van der Waals surface area (Å²) >= 11 is 0. The van der Waals surface area contributed by atoms with Crippen LogP contribution in [-0.2, 0) is 4.79 Å². The molecule has 110 valence electrons. The number of urea groups is 1. The summed E-state index contributed by atoms with van der Waals surface area (Å²) in [5.74, 6) is -1.82. The predicted octanol–water partition coefficient (Wildman–Crippen LogP) is 1.59. The number of halogens is 2. The van der Waals surface area contributed by atoms with E-state index >= 15 is 0 Å². The number of benzene rings is 1. The van der Waals surface area contributed by atoms with E-state index in [0.717, 1.165) is 12.1 Å². The number of rotatable bonds is 6. The minimum Gasteiger partial charge on any atom is -0.370 e. The van der Waals surface area contributed by atoms with E-state index in [4.69, 9.17) is 5.73 Å². The van der Waals surface area contributed by atoms with Crippen LogP contribution in [0.3, 0.4) is 0 Å². The summed E-state index contributed by atoms with van der Waals surface area (Å²) in [5.41, 5.74) is 5.15. The van der Waals surface area contributed by atoms with E-state index in [1.54, 1.807) is 6.92 Å². The molecule has 0 aromatic heterocycles. The molecule has 0 radical (unpaired) electrons. The van der Waals surface area contributed by atoms with Gasteiger partial charge in [0.2, 0.25) is 5.91 Å². The lowest BCUT2D eigenvalue weighted by Crippen LogP contribution is -2.38. The summed E-state index contributed by atoms with van der Waals surface area (Å²) in [6.45, 7) is 1.87. The van der Waals surface area contributed by atoms with Crippen molar-refractivity contribution < 1.29 is 18.4 Å². The second-order valence-electron chi connectivity index (χ2n) is 4.36. The van der Waals surface area contributed by atoms with E-state index in [2.05, 4.69) is 10.6 Å². The van der Waals surface area contributed by atoms with Gasteiger partial charge in [-0.1, -0.05) is 6.07 Å². The van der Waals surface area contributed by atoms with Crippen LogP contribution in [0.4, 0.5) is 13.6 Å². The first-order valence-electron chi connectivity index (χ1n) is 6.17. The minimum absolute atomic E-state index is 0.183. The molecule has 5 nitrogen and oxygen atoms in total. The Morgan fingerprint density at radius 1 is 1.35 bits per heavy atom. The first-order chi connectivity index (χ1) is 9.40. The zero-order chi connectivity index (χ0) is 15.1. The second kappa shape index (κ2) is 7.42. The maximum atomic E-state index is 13.5. The second-order valence-corrected chi connectivity index (χ2v) is 4.36.